The molecular formula is C16H16N4OS. The lowest BCUT2D eigenvalue weighted by molar-refractivity contribution is 0.0948. The summed E-state index contributed by atoms with van der Waals surface area (Å²) < 4.78 is 2.04. The van der Waals surface area contributed by atoms with Crippen LogP contribution in [0.4, 0.5) is 0 Å². The summed E-state index contributed by atoms with van der Waals surface area (Å²) >= 11 is 1.50. The summed E-state index contributed by atoms with van der Waals surface area (Å²) in [6.07, 6.45) is 0. The van der Waals surface area contributed by atoms with Gasteiger partial charge in [-0.15, -0.1) is 16.4 Å². The van der Waals surface area contributed by atoms with Crippen molar-refractivity contribution in [1.82, 2.24) is 15.0 Å². The van der Waals surface area contributed by atoms with Crippen LogP contribution in [-0.4, -0.2) is 15.5 Å². The van der Waals surface area contributed by atoms with Crippen molar-refractivity contribution in [3.8, 4) is 0 Å². The molecule has 2 aromatic heterocycles. The number of aryl methyl sites for hydroxylation is 1. The zero-order valence-corrected chi connectivity index (χ0v) is 13.2. The molecule has 3 aromatic rings. The van der Waals surface area contributed by atoms with Gasteiger partial charge in [0.25, 0.3) is 5.91 Å². The van der Waals surface area contributed by atoms with E-state index in [4.69, 9.17) is 0 Å². The van der Waals surface area contributed by atoms with E-state index >= 15 is 0 Å². The summed E-state index contributed by atoms with van der Waals surface area (Å²) in [5.41, 5.74) is 4.87. The van der Waals surface area contributed by atoms with Gasteiger partial charge in [0.1, 0.15) is 5.69 Å². The number of amides is 1. The van der Waals surface area contributed by atoms with Gasteiger partial charge in [-0.05, 0) is 26.0 Å². The third kappa shape index (κ3) is 2.78. The first-order valence-corrected chi connectivity index (χ1v) is 7.92. The van der Waals surface area contributed by atoms with Gasteiger partial charge in [-0.25, -0.2) is 10.4 Å². The van der Waals surface area contributed by atoms with Crippen LogP contribution in [0.2, 0.25) is 0 Å². The van der Waals surface area contributed by atoms with Crippen molar-refractivity contribution in [2.45, 2.75) is 20.4 Å². The van der Waals surface area contributed by atoms with Crippen LogP contribution >= 0.6 is 11.3 Å². The predicted molar refractivity (Wildman–Crippen MR) is 87.5 cm³/mol. The second kappa shape index (κ2) is 6.11. The molecule has 0 saturated carbocycles. The second-order valence-corrected chi connectivity index (χ2v) is 5.68. The molecule has 112 valence electrons. The quantitative estimate of drug-likeness (QED) is 0.756. The Morgan fingerprint density at radius 3 is 2.95 bits per heavy atom. The Labute approximate surface area is 131 Å². The van der Waals surface area contributed by atoms with E-state index in [0.717, 1.165) is 27.9 Å². The topological polar surface area (TPSA) is 59.3 Å². The number of pyridine rings is 1. The summed E-state index contributed by atoms with van der Waals surface area (Å²) in [5.74, 6) is -0.306. The number of fused-ring (bicyclic) bond motifs is 1. The first kappa shape index (κ1) is 14.5. The number of carbonyl (C=O) groups is 1. The van der Waals surface area contributed by atoms with Crippen molar-refractivity contribution in [3.63, 3.8) is 0 Å². The molecule has 1 aromatic carbocycles. The van der Waals surface area contributed by atoms with Crippen molar-refractivity contribution < 1.29 is 4.79 Å². The standard InChI is InChI=1S/C16H16N4OS/c1-3-20-11(2)10-22-16(20)19-18-15(21)14-9-8-12-6-4-5-7-13(12)17-14/h4-10H,3H2,1-2H3,(H,18,21)/b19-16-. The van der Waals surface area contributed by atoms with Crippen LogP contribution in [0.15, 0.2) is 46.9 Å². The fraction of sp³-hybridized carbons (Fsp3) is 0.188. The summed E-state index contributed by atoms with van der Waals surface area (Å²) in [4.78, 5) is 17.3. The zero-order valence-electron chi connectivity index (χ0n) is 12.4. The minimum Gasteiger partial charge on any atom is -0.320 e. The number of benzene rings is 1. The van der Waals surface area contributed by atoms with E-state index in [1.165, 1.54) is 11.3 Å². The van der Waals surface area contributed by atoms with E-state index in [2.05, 4.69) is 15.5 Å². The third-order valence-corrected chi connectivity index (χ3v) is 4.37. The Kier molecular flexibility index (Phi) is 4.02. The van der Waals surface area contributed by atoms with Crippen LogP contribution < -0.4 is 10.2 Å². The Bertz CT molecular complexity index is 894. The number of thiazole rings is 1. The first-order chi connectivity index (χ1) is 10.7. The van der Waals surface area contributed by atoms with Gasteiger partial charge in [0, 0.05) is 23.0 Å². The van der Waals surface area contributed by atoms with Gasteiger partial charge in [-0.2, -0.15) is 0 Å². The number of nitrogens with one attached hydrogen (secondary N) is 1. The maximum atomic E-state index is 12.2. The molecule has 0 saturated heterocycles. The predicted octanol–water partition coefficient (Wildman–Crippen LogP) is 2.67. The highest BCUT2D eigenvalue weighted by Gasteiger charge is 2.07. The Morgan fingerprint density at radius 2 is 2.14 bits per heavy atom. The number of nitrogens with zero attached hydrogens (tertiary/aromatic N) is 3. The minimum atomic E-state index is -0.306. The Hall–Kier alpha value is -2.47. The third-order valence-electron chi connectivity index (χ3n) is 3.39. The van der Waals surface area contributed by atoms with Crippen LogP contribution in [-0.2, 0) is 6.54 Å². The van der Waals surface area contributed by atoms with Crippen LogP contribution in [0, 0.1) is 6.92 Å². The van der Waals surface area contributed by atoms with Crippen molar-refractivity contribution in [2.24, 2.45) is 5.10 Å². The average molecular weight is 312 g/mol. The van der Waals surface area contributed by atoms with Crippen LogP contribution in [0.3, 0.4) is 0 Å². The normalized spacial score (nSPS) is 11.8. The van der Waals surface area contributed by atoms with Gasteiger partial charge in [-0.3, -0.25) is 4.79 Å². The maximum Gasteiger partial charge on any atom is 0.290 e. The van der Waals surface area contributed by atoms with E-state index < -0.39 is 0 Å². The molecule has 6 heteroatoms. The molecular weight excluding hydrogens is 296 g/mol. The molecule has 22 heavy (non-hydrogen) atoms. The molecule has 2 heterocycles. The number of para-hydroxylation sites is 1. The molecule has 0 atom stereocenters. The Balaban J connectivity index is 1.87. The highest BCUT2D eigenvalue weighted by molar-refractivity contribution is 7.07. The number of hydrogen-bond acceptors (Lipinski definition) is 4. The summed E-state index contributed by atoms with van der Waals surface area (Å²) in [6.45, 7) is 4.88. The summed E-state index contributed by atoms with van der Waals surface area (Å²) in [6, 6.07) is 11.3. The molecule has 0 fully saturated rings. The number of rotatable bonds is 3. The van der Waals surface area contributed by atoms with Gasteiger partial charge in [0.15, 0.2) is 0 Å². The molecule has 0 aliphatic carbocycles. The molecule has 0 unspecified atom stereocenters. The fourth-order valence-corrected chi connectivity index (χ4v) is 3.14. The molecule has 0 bridgehead atoms. The molecule has 0 aliphatic rings. The van der Waals surface area contributed by atoms with Crippen LogP contribution in [0.5, 0.6) is 0 Å². The smallest absolute Gasteiger partial charge is 0.290 e. The van der Waals surface area contributed by atoms with E-state index in [9.17, 15) is 4.79 Å². The SMILES string of the molecule is CCn1c(C)cs/c1=N\NC(=O)c1ccc2ccccc2n1. The lowest BCUT2D eigenvalue weighted by Gasteiger charge is -2.02. The van der Waals surface area contributed by atoms with Gasteiger partial charge >= 0.3 is 0 Å². The van der Waals surface area contributed by atoms with Crippen molar-refractivity contribution >= 4 is 28.1 Å². The minimum absolute atomic E-state index is 0.306. The highest BCUT2D eigenvalue weighted by Crippen LogP contribution is 2.11. The van der Waals surface area contributed by atoms with E-state index in [0.29, 0.717) is 5.69 Å². The lowest BCUT2D eigenvalue weighted by atomic mass is 10.2. The molecule has 0 aliphatic heterocycles. The van der Waals surface area contributed by atoms with Gasteiger partial charge in [-0.1, -0.05) is 24.3 Å². The summed E-state index contributed by atoms with van der Waals surface area (Å²) in [7, 11) is 0. The highest BCUT2D eigenvalue weighted by atomic mass is 32.1. The van der Waals surface area contributed by atoms with Crippen molar-refractivity contribution in [2.75, 3.05) is 0 Å². The van der Waals surface area contributed by atoms with Crippen LogP contribution in [0.1, 0.15) is 23.1 Å². The summed E-state index contributed by atoms with van der Waals surface area (Å²) in [5, 5.41) is 7.22. The van der Waals surface area contributed by atoms with Gasteiger partial charge in [0.2, 0.25) is 4.80 Å². The van der Waals surface area contributed by atoms with E-state index in [1.54, 1.807) is 6.07 Å². The second-order valence-electron chi connectivity index (χ2n) is 4.85. The molecule has 5 nitrogen and oxygen atoms in total. The zero-order chi connectivity index (χ0) is 15.5. The maximum absolute atomic E-state index is 12.2. The van der Waals surface area contributed by atoms with E-state index in [-0.39, 0.29) is 5.91 Å². The van der Waals surface area contributed by atoms with Crippen molar-refractivity contribution in [3.05, 3.63) is 58.0 Å². The number of hydrogen-bond donors (Lipinski definition) is 1. The van der Waals surface area contributed by atoms with E-state index in [1.807, 2.05) is 54.1 Å². The number of aromatic nitrogens is 2. The van der Waals surface area contributed by atoms with Gasteiger partial charge in [0.05, 0.1) is 5.52 Å². The Morgan fingerprint density at radius 1 is 1.32 bits per heavy atom. The monoisotopic (exact) mass is 312 g/mol. The molecule has 0 radical (unpaired) electrons. The van der Waals surface area contributed by atoms with Crippen molar-refractivity contribution in [1.29, 1.82) is 0 Å². The largest absolute Gasteiger partial charge is 0.320 e. The van der Waals surface area contributed by atoms with Crippen LogP contribution in [0.25, 0.3) is 10.9 Å². The number of carbonyl (C=O) groups excluding carboxylic acids is 1. The molecule has 1 amide bonds. The van der Waals surface area contributed by atoms with Gasteiger partial charge < -0.3 is 4.57 Å². The molecule has 3 rings (SSSR count). The first-order valence-electron chi connectivity index (χ1n) is 7.04. The molecule has 0 spiro atoms. The lowest BCUT2D eigenvalue weighted by Crippen LogP contribution is -2.25. The fourth-order valence-electron chi connectivity index (χ4n) is 2.24. The average Bonchev–Trinajstić information content (AvgIpc) is 2.92. The molecule has 1 N–H and O–H groups in total.